The molecule has 0 bridgehead atoms. The second-order valence-electron chi connectivity index (χ2n) is 4.92. The summed E-state index contributed by atoms with van der Waals surface area (Å²) in [6.45, 7) is 3.19. The van der Waals surface area contributed by atoms with Gasteiger partial charge in [-0.1, -0.05) is 13.3 Å². The van der Waals surface area contributed by atoms with Gasteiger partial charge in [0.1, 0.15) is 4.90 Å². The van der Waals surface area contributed by atoms with Crippen molar-refractivity contribution in [3.63, 3.8) is 0 Å². The third-order valence-electron chi connectivity index (χ3n) is 3.62. The van der Waals surface area contributed by atoms with Crippen LogP contribution >= 0.6 is 0 Å². The van der Waals surface area contributed by atoms with Gasteiger partial charge in [0, 0.05) is 19.3 Å². The smallest absolute Gasteiger partial charge is 0.246 e. The van der Waals surface area contributed by atoms with Crippen molar-refractivity contribution in [1.82, 2.24) is 14.1 Å². The fraction of sp³-hybridized carbons (Fsp3) is 0.750. The number of aliphatic hydroxyl groups is 1. The summed E-state index contributed by atoms with van der Waals surface area (Å²) in [5, 5.41) is 12.8. The van der Waals surface area contributed by atoms with Gasteiger partial charge < -0.3 is 5.11 Å². The highest BCUT2D eigenvalue weighted by molar-refractivity contribution is 7.89. The molecule has 0 amide bonds. The summed E-state index contributed by atoms with van der Waals surface area (Å²) in [4.78, 5) is 0.210. The maximum absolute atomic E-state index is 12.5. The Balaban J connectivity index is 2.13. The number of hydrogen-bond donors (Lipinski definition) is 1. The van der Waals surface area contributed by atoms with Crippen LogP contribution in [0.15, 0.2) is 17.3 Å². The summed E-state index contributed by atoms with van der Waals surface area (Å²) in [6.07, 6.45) is 6.28. The van der Waals surface area contributed by atoms with Crippen molar-refractivity contribution in [2.75, 3.05) is 19.7 Å². The van der Waals surface area contributed by atoms with E-state index >= 15 is 0 Å². The minimum Gasteiger partial charge on any atom is -0.394 e. The van der Waals surface area contributed by atoms with Gasteiger partial charge in [0.15, 0.2) is 0 Å². The maximum atomic E-state index is 12.5. The molecule has 1 heterocycles. The van der Waals surface area contributed by atoms with Crippen molar-refractivity contribution in [3.8, 4) is 0 Å². The molecule has 1 saturated carbocycles. The van der Waals surface area contributed by atoms with Crippen LogP contribution in [-0.2, 0) is 16.6 Å². The van der Waals surface area contributed by atoms with Gasteiger partial charge in [-0.2, -0.15) is 9.40 Å². The average molecular weight is 287 g/mol. The molecule has 0 radical (unpaired) electrons. The molecule has 1 aromatic heterocycles. The highest BCUT2D eigenvalue weighted by Crippen LogP contribution is 2.28. The first-order valence-electron chi connectivity index (χ1n) is 6.71. The van der Waals surface area contributed by atoms with Gasteiger partial charge in [-0.15, -0.1) is 0 Å². The van der Waals surface area contributed by atoms with Crippen LogP contribution in [0.2, 0.25) is 0 Å². The van der Waals surface area contributed by atoms with E-state index < -0.39 is 10.0 Å². The van der Waals surface area contributed by atoms with E-state index in [0.717, 1.165) is 12.8 Å². The molecule has 19 heavy (non-hydrogen) atoms. The molecule has 0 aromatic carbocycles. The third kappa shape index (κ3) is 3.16. The number of nitrogens with zero attached hydrogens (tertiary/aromatic N) is 3. The highest BCUT2D eigenvalue weighted by atomic mass is 32.2. The number of hydrogen-bond acceptors (Lipinski definition) is 4. The van der Waals surface area contributed by atoms with Crippen LogP contribution in [0.4, 0.5) is 0 Å². The van der Waals surface area contributed by atoms with Crippen LogP contribution in [0.3, 0.4) is 0 Å². The van der Waals surface area contributed by atoms with Crippen LogP contribution in [0.25, 0.3) is 0 Å². The van der Waals surface area contributed by atoms with Crippen molar-refractivity contribution in [1.29, 1.82) is 0 Å². The molecule has 1 fully saturated rings. The second-order valence-corrected chi connectivity index (χ2v) is 6.85. The molecule has 1 aromatic rings. The lowest BCUT2D eigenvalue weighted by Crippen LogP contribution is -2.37. The number of rotatable bonds is 7. The van der Waals surface area contributed by atoms with Crippen LogP contribution in [0.5, 0.6) is 0 Å². The zero-order valence-electron chi connectivity index (χ0n) is 11.2. The largest absolute Gasteiger partial charge is 0.394 e. The van der Waals surface area contributed by atoms with Gasteiger partial charge in [0.2, 0.25) is 10.0 Å². The van der Waals surface area contributed by atoms with Crippen molar-refractivity contribution in [2.45, 2.75) is 37.6 Å². The number of aliphatic hydroxyl groups excluding tert-OH is 1. The standard InChI is InChI=1S/C12H21N3O3S/c1-2-15(9-11-4-3-5-11)19(17,18)12-8-13-14(10-12)6-7-16/h8,10-11,16H,2-7,9H2,1H3. The Morgan fingerprint density at radius 3 is 2.79 bits per heavy atom. The fourth-order valence-corrected chi connectivity index (χ4v) is 3.69. The molecule has 7 heteroatoms. The Bertz CT molecular complexity index is 508. The molecular weight excluding hydrogens is 266 g/mol. The summed E-state index contributed by atoms with van der Waals surface area (Å²) in [6, 6.07) is 0. The molecule has 1 aliphatic rings. The predicted octanol–water partition coefficient (Wildman–Crippen LogP) is 0.686. The van der Waals surface area contributed by atoms with Gasteiger partial charge in [0.25, 0.3) is 0 Å². The molecule has 0 aliphatic heterocycles. The Morgan fingerprint density at radius 2 is 2.26 bits per heavy atom. The van der Waals surface area contributed by atoms with E-state index in [1.54, 1.807) is 0 Å². The van der Waals surface area contributed by atoms with Crippen LogP contribution in [0.1, 0.15) is 26.2 Å². The molecule has 6 nitrogen and oxygen atoms in total. The minimum absolute atomic E-state index is 0.0548. The summed E-state index contributed by atoms with van der Waals surface area (Å²) >= 11 is 0. The predicted molar refractivity (Wildman–Crippen MR) is 71.1 cm³/mol. The van der Waals surface area contributed by atoms with Crippen molar-refractivity contribution >= 4 is 10.0 Å². The van der Waals surface area contributed by atoms with E-state index in [0.29, 0.717) is 25.6 Å². The minimum atomic E-state index is -3.45. The first-order valence-corrected chi connectivity index (χ1v) is 8.15. The zero-order valence-corrected chi connectivity index (χ0v) is 12.0. The van der Waals surface area contributed by atoms with Gasteiger partial charge in [0.05, 0.1) is 19.3 Å². The van der Waals surface area contributed by atoms with Crippen molar-refractivity contribution in [2.24, 2.45) is 5.92 Å². The Kier molecular flexibility index (Phi) is 4.59. The van der Waals surface area contributed by atoms with Crippen LogP contribution < -0.4 is 0 Å². The van der Waals surface area contributed by atoms with E-state index in [9.17, 15) is 8.42 Å². The molecule has 2 rings (SSSR count). The summed E-state index contributed by atoms with van der Waals surface area (Å²) in [7, 11) is -3.45. The van der Waals surface area contributed by atoms with E-state index in [1.165, 1.54) is 27.8 Å². The zero-order chi connectivity index (χ0) is 13.9. The first kappa shape index (κ1) is 14.5. The van der Waals surface area contributed by atoms with E-state index in [2.05, 4.69) is 5.10 Å². The lowest BCUT2D eigenvalue weighted by Gasteiger charge is -2.30. The normalized spacial score (nSPS) is 16.8. The Labute approximate surface area is 114 Å². The monoisotopic (exact) mass is 287 g/mol. The summed E-state index contributed by atoms with van der Waals surface area (Å²) < 4.78 is 27.9. The van der Waals surface area contributed by atoms with E-state index in [4.69, 9.17) is 5.11 Å². The quantitative estimate of drug-likeness (QED) is 0.800. The van der Waals surface area contributed by atoms with Gasteiger partial charge in [-0.05, 0) is 18.8 Å². The molecule has 0 saturated heterocycles. The lowest BCUT2D eigenvalue weighted by atomic mass is 9.85. The molecule has 0 spiro atoms. The first-order chi connectivity index (χ1) is 9.07. The van der Waals surface area contributed by atoms with E-state index in [-0.39, 0.29) is 11.5 Å². The van der Waals surface area contributed by atoms with Gasteiger partial charge in [-0.25, -0.2) is 8.42 Å². The topological polar surface area (TPSA) is 75.4 Å². The fourth-order valence-electron chi connectivity index (χ4n) is 2.21. The molecular formula is C12H21N3O3S. The number of sulfonamides is 1. The molecule has 0 unspecified atom stereocenters. The number of aromatic nitrogens is 2. The lowest BCUT2D eigenvalue weighted by molar-refractivity contribution is 0.250. The SMILES string of the molecule is CCN(CC1CCC1)S(=O)(=O)c1cnn(CCO)c1. The second kappa shape index (κ2) is 6.02. The summed E-state index contributed by atoms with van der Waals surface area (Å²) in [5.41, 5.74) is 0. The molecule has 1 N–H and O–H groups in total. The third-order valence-corrected chi connectivity index (χ3v) is 5.51. The Morgan fingerprint density at radius 1 is 1.53 bits per heavy atom. The Hall–Kier alpha value is -0.920. The maximum Gasteiger partial charge on any atom is 0.246 e. The molecule has 1 aliphatic carbocycles. The van der Waals surface area contributed by atoms with Crippen molar-refractivity contribution < 1.29 is 13.5 Å². The summed E-state index contributed by atoms with van der Waals surface area (Å²) in [5.74, 6) is 0.502. The van der Waals surface area contributed by atoms with Crippen LogP contribution in [0, 0.1) is 5.92 Å². The van der Waals surface area contributed by atoms with E-state index in [1.807, 2.05) is 6.92 Å². The molecule has 0 atom stereocenters. The average Bonchev–Trinajstić information content (AvgIpc) is 2.77. The van der Waals surface area contributed by atoms with Crippen LogP contribution in [-0.4, -0.2) is 47.3 Å². The van der Waals surface area contributed by atoms with Crippen molar-refractivity contribution in [3.05, 3.63) is 12.4 Å². The van der Waals surface area contributed by atoms with Gasteiger partial charge in [-0.3, -0.25) is 4.68 Å². The van der Waals surface area contributed by atoms with Gasteiger partial charge >= 0.3 is 0 Å². The molecule has 108 valence electrons. The highest BCUT2D eigenvalue weighted by Gasteiger charge is 2.29.